The van der Waals surface area contributed by atoms with E-state index < -0.39 is 23.8 Å². The molecule has 1 N–H and O–H groups in total. The Morgan fingerprint density at radius 1 is 1.11 bits per heavy atom. The second-order valence-corrected chi connectivity index (χ2v) is 7.20. The first-order chi connectivity index (χ1) is 12.6. The Hall–Kier alpha value is -2.28. The topological polar surface area (TPSA) is 79.3 Å². The molecule has 1 aromatic carbocycles. The van der Waals surface area contributed by atoms with Gasteiger partial charge in [0.2, 0.25) is 0 Å². The molecule has 0 spiro atoms. The van der Waals surface area contributed by atoms with Gasteiger partial charge >= 0.3 is 12.2 Å². The van der Waals surface area contributed by atoms with Crippen molar-refractivity contribution >= 4 is 12.2 Å². The normalized spacial score (nSPS) is 12.3. The lowest BCUT2D eigenvalue weighted by Gasteiger charge is -2.31. The van der Waals surface area contributed by atoms with E-state index in [4.69, 9.17) is 9.47 Å². The highest BCUT2D eigenvalue weighted by atomic mass is 16.6. The van der Waals surface area contributed by atoms with Crippen molar-refractivity contribution in [3.8, 4) is 5.75 Å². The van der Waals surface area contributed by atoms with Crippen LogP contribution in [0.2, 0.25) is 0 Å². The maximum Gasteiger partial charge on any atom is 0.415 e. The number of rotatable bonds is 7. The van der Waals surface area contributed by atoms with E-state index in [-0.39, 0.29) is 13.0 Å². The highest BCUT2D eigenvalue weighted by Crippen LogP contribution is 2.32. The molecule has 0 aliphatic rings. The summed E-state index contributed by atoms with van der Waals surface area (Å²) in [5.41, 5.74) is 0.00420. The summed E-state index contributed by atoms with van der Waals surface area (Å²) in [5.74, 6) is 0.364. The highest BCUT2D eigenvalue weighted by Gasteiger charge is 2.28. The lowest BCUT2D eigenvalue weighted by molar-refractivity contribution is 0.0197. The molecule has 7 nitrogen and oxygen atoms in total. The van der Waals surface area contributed by atoms with Crippen molar-refractivity contribution in [2.75, 3.05) is 26.7 Å². The third-order valence-electron chi connectivity index (χ3n) is 4.05. The smallest absolute Gasteiger partial charge is 0.415 e. The van der Waals surface area contributed by atoms with Crippen LogP contribution in [0.5, 0.6) is 5.75 Å². The number of amides is 2. The Bertz CT molecular complexity index is 623. The van der Waals surface area contributed by atoms with Crippen LogP contribution in [0.25, 0.3) is 0 Å². The first kappa shape index (κ1) is 22.8. The Kier molecular flexibility index (Phi) is 8.56. The van der Waals surface area contributed by atoms with Gasteiger partial charge < -0.3 is 24.4 Å². The molecular formula is C20H32N2O5. The van der Waals surface area contributed by atoms with Gasteiger partial charge in [-0.25, -0.2) is 9.59 Å². The summed E-state index contributed by atoms with van der Waals surface area (Å²) < 4.78 is 11.0. The minimum Gasteiger partial charge on any atom is -0.444 e. The van der Waals surface area contributed by atoms with E-state index in [2.05, 4.69) is 0 Å². The summed E-state index contributed by atoms with van der Waals surface area (Å²) in [7, 11) is 1.61. The number of aliphatic hydroxyl groups excluding tert-OH is 1. The van der Waals surface area contributed by atoms with Crippen LogP contribution in [0.15, 0.2) is 24.3 Å². The zero-order valence-corrected chi connectivity index (χ0v) is 17.2. The summed E-state index contributed by atoms with van der Waals surface area (Å²) in [6.45, 7) is 10.1. The summed E-state index contributed by atoms with van der Waals surface area (Å²) in [6.07, 6.45) is -0.670. The van der Waals surface area contributed by atoms with Gasteiger partial charge in [-0.2, -0.15) is 0 Å². The molecule has 1 atom stereocenters. The van der Waals surface area contributed by atoms with Gasteiger partial charge in [0.15, 0.2) is 0 Å². The standard InChI is InChI=1S/C20H32N2O5/c1-7-22(8-2)19(25)26-17-12-10-9-11-15(17)16(13-14-23)21(6)18(24)27-20(3,4)5/h9-12,16,23H,7-8,13-14H2,1-6H3. The van der Waals surface area contributed by atoms with E-state index in [1.54, 1.807) is 57.0 Å². The molecular weight excluding hydrogens is 348 g/mol. The SMILES string of the molecule is CCN(CC)C(=O)Oc1ccccc1C(CCO)N(C)C(=O)OC(C)(C)C. The van der Waals surface area contributed by atoms with Crippen LogP contribution in [0.1, 0.15) is 52.6 Å². The van der Waals surface area contributed by atoms with Gasteiger partial charge in [-0.3, -0.25) is 0 Å². The summed E-state index contributed by atoms with van der Waals surface area (Å²) >= 11 is 0. The predicted octanol–water partition coefficient (Wildman–Crippen LogP) is 3.82. The van der Waals surface area contributed by atoms with Gasteiger partial charge in [0, 0.05) is 32.3 Å². The molecule has 0 saturated carbocycles. The zero-order chi connectivity index (χ0) is 20.6. The second-order valence-electron chi connectivity index (χ2n) is 7.20. The number of para-hydroxylation sites is 1. The van der Waals surface area contributed by atoms with E-state index in [1.807, 2.05) is 13.8 Å². The molecule has 0 radical (unpaired) electrons. The fourth-order valence-corrected chi connectivity index (χ4v) is 2.63. The van der Waals surface area contributed by atoms with E-state index in [9.17, 15) is 14.7 Å². The second kappa shape index (κ2) is 10.2. The van der Waals surface area contributed by atoms with Crippen LogP contribution in [0.4, 0.5) is 9.59 Å². The van der Waals surface area contributed by atoms with Crippen LogP contribution >= 0.6 is 0 Å². The molecule has 2 amide bonds. The molecule has 0 aromatic heterocycles. The number of carbonyl (C=O) groups excluding carboxylic acids is 2. The molecule has 0 aliphatic carbocycles. The average Bonchev–Trinajstić information content (AvgIpc) is 2.59. The van der Waals surface area contributed by atoms with Gasteiger partial charge in [0.25, 0.3) is 0 Å². The Morgan fingerprint density at radius 3 is 2.22 bits per heavy atom. The number of benzene rings is 1. The fraction of sp³-hybridized carbons (Fsp3) is 0.600. The fourth-order valence-electron chi connectivity index (χ4n) is 2.63. The lowest BCUT2D eigenvalue weighted by atomic mass is 10.0. The minimum atomic E-state index is -0.635. The average molecular weight is 380 g/mol. The maximum atomic E-state index is 12.5. The van der Waals surface area contributed by atoms with Crippen molar-refractivity contribution in [3.05, 3.63) is 29.8 Å². The van der Waals surface area contributed by atoms with Crippen LogP contribution in [0, 0.1) is 0 Å². The maximum absolute atomic E-state index is 12.5. The monoisotopic (exact) mass is 380 g/mol. The molecule has 0 fully saturated rings. The number of nitrogens with zero attached hydrogens (tertiary/aromatic N) is 2. The molecule has 152 valence electrons. The molecule has 0 heterocycles. The lowest BCUT2D eigenvalue weighted by Crippen LogP contribution is -2.37. The van der Waals surface area contributed by atoms with E-state index in [0.717, 1.165) is 0 Å². The van der Waals surface area contributed by atoms with Crippen LogP contribution in [-0.2, 0) is 4.74 Å². The highest BCUT2D eigenvalue weighted by molar-refractivity contribution is 5.72. The minimum absolute atomic E-state index is 0.129. The molecule has 0 saturated heterocycles. The molecule has 0 aliphatic heterocycles. The molecule has 27 heavy (non-hydrogen) atoms. The van der Waals surface area contributed by atoms with Crippen molar-refractivity contribution in [3.63, 3.8) is 0 Å². The number of ether oxygens (including phenoxy) is 2. The van der Waals surface area contributed by atoms with Gasteiger partial charge in [0.1, 0.15) is 11.4 Å². The Labute approximate surface area is 161 Å². The third-order valence-corrected chi connectivity index (χ3v) is 4.05. The van der Waals surface area contributed by atoms with Crippen LogP contribution in [0.3, 0.4) is 0 Å². The van der Waals surface area contributed by atoms with Crippen LogP contribution in [-0.4, -0.2) is 59.4 Å². The first-order valence-electron chi connectivity index (χ1n) is 9.26. The largest absolute Gasteiger partial charge is 0.444 e. The number of hydrogen-bond acceptors (Lipinski definition) is 5. The van der Waals surface area contributed by atoms with E-state index in [1.165, 1.54) is 4.90 Å². The summed E-state index contributed by atoms with van der Waals surface area (Å²) in [4.78, 5) is 27.8. The van der Waals surface area contributed by atoms with Crippen molar-refractivity contribution in [1.29, 1.82) is 0 Å². The Morgan fingerprint density at radius 2 is 1.70 bits per heavy atom. The van der Waals surface area contributed by atoms with Crippen LogP contribution < -0.4 is 4.74 Å². The number of hydrogen-bond donors (Lipinski definition) is 1. The quantitative estimate of drug-likeness (QED) is 0.778. The van der Waals surface area contributed by atoms with Crippen molar-refractivity contribution < 1.29 is 24.2 Å². The van der Waals surface area contributed by atoms with Crippen molar-refractivity contribution in [2.24, 2.45) is 0 Å². The van der Waals surface area contributed by atoms with Crippen molar-refractivity contribution in [2.45, 2.75) is 52.7 Å². The molecule has 1 unspecified atom stereocenters. The number of aliphatic hydroxyl groups is 1. The predicted molar refractivity (Wildman–Crippen MR) is 104 cm³/mol. The van der Waals surface area contributed by atoms with Gasteiger partial charge in [-0.1, -0.05) is 18.2 Å². The molecule has 7 heteroatoms. The summed E-state index contributed by atoms with van der Waals surface area (Å²) in [6, 6.07) is 6.54. The van der Waals surface area contributed by atoms with Gasteiger partial charge in [-0.15, -0.1) is 0 Å². The molecule has 0 bridgehead atoms. The zero-order valence-electron chi connectivity index (χ0n) is 17.2. The van der Waals surface area contributed by atoms with Gasteiger partial charge in [0.05, 0.1) is 6.04 Å². The Balaban J connectivity index is 3.14. The first-order valence-corrected chi connectivity index (χ1v) is 9.26. The van der Waals surface area contributed by atoms with E-state index >= 15 is 0 Å². The van der Waals surface area contributed by atoms with E-state index in [0.29, 0.717) is 24.4 Å². The molecule has 1 rings (SSSR count). The summed E-state index contributed by atoms with van der Waals surface area (Å²) in [5, 5.41) is 9.50. The number of carbonyl (C=O) groups is 2. The molecule has 1 aromatic rings. The van der Waals surface area contributed by atoms with Crippen molar-refractivity contribution in [1.82, 2.24) is 9.80 Å². The third kappa shape index (κ3) is 6.75. The van der Waals surface area contributed by atoms with Gasteiger partial charge in [-0.05, 0) is 47.1 Å².